The maximum atomic E-state index is 2.57. The molecule has 6 aromatic rings. The largest absolute Gasteiger partial charge is 0.0728 e. The van der Waals surface area contributed by atoms with Crippen molar-refractivity contribution in [3.05, 3.63) is 180 Å². The van der Waals surface area contributed by atoms with E-state index >= 15 is 0 Å². The first-order valence-electron chi connectivity index (χ1n) is 21.8. The second-order valence-electron chi connectivity index (χ2n) is 19.3. The summed E-state index contributed by atoms with van der Waals surface area (Å²) in [6, 6.07) is 9.86. The van der Waals surface area contributed by atoms with E-state index in [1.807, 2.05) is 0 Å². The van der Waals surface area contributed by atoms with Crippen molar-refractivity contribution in [3.63, 3.8) is 0 Å². The minimum atomic E-state index is -0.510. The molecule has 0 nitrogen and oxygen atoms in total. The monoisotopic (exact) mass is 761 g/mol. The van der Waals surface area contributed by atoms with Crippen LogP contribution in [0.15, 0.2) is 24.3 Å². The molecule has 9 rings (SSSR count). The van der Waals surface area contributed by atoms with Gasteiger partial charge in [0.25, 0.3) is 0 Å². The van der Waals surface area contributed by atoms with Crippen molar-refractivity contribution in [3.8, 4) is 22.3 Å². The third-order valence-electron chi connectivity index (χ3n) is 17.9. The Kier molecular flexibility index (Phi) is 8.01. The molecule has 0 heteroatoms. The summed E-state index contributed by atoms with van der Waals surface area (Å²) >= 11 is 0. The van der Waals surface area contributed by atoms with Gasteiger partial charge in [-0.2, -0.15) is 0 Å². The van der Waals surface area contributed by atoms with Crippen LogP contribution in [0.3, 0.4) is 0 Å². The highest BCUT2D eigenvalue weighted by atomic mass is 14.6. The van der Waals surface area contributed by atoms with E-state index in [0.717, 1.165) is 0 Å². The van der Waals surface area contributed by atoms with Crippen LogP contribution in [-0.4, -0.2) is 0 Å². The fourth-order valence-electron chi connectivity index (χ4n) is 13.3. The second-order valence-corrected chi connectivity index (χ2v) is 19.3. The molecule has 0 saturated heterocycles. The van der Waals surface area contributed by atoms with Crippen molar-refractivity contribution in [2.45, 2.75) is 149 Å². The van der Waals surface area contributed by atoms with Crippen LogP contribution in [0.5, 0.6) is 0 Å². The van der Waals surface area contributed by atoms with Crippen LogP contribution in [-0.2, 0) is 10.8 Å². The third kappa shape index (κ3) is 3.91. The predicted octanol–water partition coefficient (Wildman–Crippen LogP) is 14.9. The van der Waals surface area contributed by atoms with Crippen LogP contribution in [0, 0.1) is 138 Å². The molecule has 0 atom stereocenters. The zero-order chi connectivity index (χ0) is 42.3. The highest BCUT2D eigenvalue weighted by Crippen LogP contribution is 2.72. The van der Waals surface area contributed by atoms with Crippen LogP contribution in [0.2, 0.25) is 0 Å². The van der Waals surface area contributed by atoms with Gasteiger partial charge in [0.1, 0.15) is 0 Å². The lowest BCUT2D eigenvalue weighted by Gasteiger charge is -2.52. The van der Waals surface area contributed by atoms with E-state index in [9.17, 15) is 0 Å². The van der Waals surface area contributed by atoms with E-state index in [4.69, 9.17) is 0 Å². The van der Waals surface area contributed by atoms with Crippen LogP contribution < -0.4 is 0 Å². The van der Waals surface area contributed by atoms with Crippen molar-refractivity contribution in [1.29, 1.82) is 0 Å². The molecule has 0 saturated carbocycles. The van der Waals surface area contributed by atoms with Gasteiger partial charge in [-0.15, -0.1) is 0 Å². The van der Waals surface area contributed by atoms with Crippen LogP contribution >= 0.6 is 0 Å². The Bertz CT molecular complexity index is 2630. The Balaban J connectivity index is 1.70. The van der Waals surface area contributed by atoms with Gasteiger partial charge in [-0.1, -0.05) is 24.3 Å². The summed E-state index contributed by atoms with van der Waals surface area (Å²) in [4.78, 5) is 0. The predicted molar refractivity (Wildman–Crippen MR) is 249 cm³/mol. The molecule has 0 aromatic heterocycles. The minimum Gasteiger partial charge on any atom is -0.0619 e. The van der Waals surface area contributed by atoms with E-state index in [1.54, 1.807) is 0 Å². The smallest absolute Gasteiger partial charge is 0.0619 e. The lowest BCUT2D eigenvalue weighted by atomic mass is 9.49. The van der Waals surface area contributed by atoms with Gasteiger partial charge in [-0.25, -0.2) is 0 Å². The molecule has 58 heavy (non-hydrogen) atoms. The fraction of sp³-hybridized carbons (Fsp3) is 0.379. The lowest BCUT2D eigenvalue weighted by Crippen LogP contribution is -2.46. The molecule has 0 bridgehead atoms. The minimum absolute atomic E-state index is 0.510. The van der Waals surface area contributed by atoms with Crippen molar-refractivity contribution in [2.24, 2.45) is 0 Å². The normalized spacial score (nSPS) is 14.8. The maximum absolute atomic E-state index is 2.57. The Morgan fingerprint density at radius 2 is 0.379 bits per heavy atom. The SMILES string of the molecule is Cc1c(C)c(C)c2c(c1C)-c1c(C)c(C)c(C)c(C)c1C21c2ccccc2C2(c3c(C)c(C)c(C)c(C)c3-c3c(C)c(C)c(C)c(C)c32)c2c(C)c(C)c(C)c(C)c21. The Hall–Kier alpha value is -4.68. The molecular formula is C58H64. The van der Waals surface area contributed by atoms with E-state index in [0.29, 0.717) is 0 Å². The van der Waals surface area contributed by atoms with Gasteiger partial charge >= 0.3 is 0 Å². The molecule has 3 aliphatic carbocycles. The molecule has 0 unspecified atom stereocenters. The molecular weight excluding hydrogens is 697 g/mol. The highest BCUT2D eigenvalue weighted by Gasteiger charge is 2.63. The van der Waals surface area contributed by atoms with E-state index in [1.165, 1.54) is 178 Å². The Morgan fingerprint density at radius 1 is 0.207 bits per heavy atom. The molecule has 3 aliphatic rings. The molecule has 6 aromatic carbocycles. The maximum Gasteiger partial charge on any atom is 0.0728 e. The molecule has 0 fully saturated rings. The lowest BCUT2D eigenvalue weighted by molar-refractivity contribution is 0.612. The number of fused-ring (bicyclic) bond motifs is 16. The first-order chi connectivity index (χ1) is 27.2. The zero-order valence-corrected chi connectivity index (χ0v) is 39.3. The van der Waals surface area contributed by atoms with Crippen LogP contribution in [0.4, 0.5) is 0 Å². The molecule has 0 amide bonds. The summed E-state index contributed by atoms with van der Waals surface area (Å²) in [6.07, 6.45) is 0. The third-order valence-corrected chi connectivity index (χ3v) is 17.9. The van der Waals surface area contributed by atoms with Crippen molar-refractivity contribution < 1.29 is 0 Å². The van der Waals surface area contributed by atoms with Gasteiger partial charge in [0, 0.05) is 0 Å². The van der Waals surface area contributed by atoms with Crippen molar-refractivity contribution in [1.82, 2.24) is 0 Å². The quantitative estimate of drug-likeness (QED) is 0.144. The summed E-state index contributed by atoms with van der Waals surface area (Å²) in [6.45, 7) is 48.3. The van der Waals surface area contributed by atoms with Gasteiger partial charge in [-0.05, 0) is 317 Å². The summed E-state index contributed by atoms with van der Waals surface area (Å²) in [5.74, 6) is 0. The van der Waals surface area contributed by atoms with Crippen LogP contribution in [0.1, 0.15) is 156 Å². The molecule has 0 N–H and O–H groups in total. The molecule has 0 radical (unpaired) electrons. The number of benzene rings is 6. The van der Waals surface area contributed by atoms with Gasteiger partial charge in [0.05, 0.1) is 10.8 Å². The van der Waals surface area contributed by atoms with E-state index in [2.05, 4.69) is 163 Å². The summed E-state index contributed by atoms with van der Waals surface area (Å²) < 4.78 is 0. The van der Waals surface area contributed by atoms with Crippen molar-refractivity contribution in [2.75, 3.05) is 0 Å². The zero-order valence-electron chi connectivity index (χ0n) is 39.3. The Morgan fingerprint density at radius 3 is 0.586 bits per heavy atom. The number of rotatable bonds is 0. The van der Waals surface area contributed by atoms with Gasteiger partial charge in [-0.3, -0.25) is 0 Å². The van der Waals surface area contributed by atoms with Gasteiger partial charge < -0.3 is 0 Å². The summed E-state index contributed by atoms with van der Waals surface area (Å²) in [7, 11) is 0. The summed E-state index contributed by atoms with van der Waals surface area (Å²) in [5, 5.41) is 0. The topological polar surface area (TPSA) is 0 Å². The average Bonchev–Trinajstić information content (AvgIpc) is 3.70. The second kappa shape index (κ2) is 12.0. The molecule has 0 aliphatic heterocycles. The molecule has 0 heterocycles. The average molecular weight is 761 g/mol. The summed E-state index contributed by atoms with van der Waals surface area (Å²) in [5.41, 5.74) is 45.7. The number of hydrogen-bond acceptors (Lipinski definition) is 0. The van der Waals surface area contributed by atoms with E-state index in [-0.39, 0.29) is 0 Å². The van der Waals surface area contributed by atoms with E-state index < -0.39 is 10.8 Å². The Labute approximate surface area is 350 Å². The standard InChI is InChI=1S/C58H64/c1-25-29(5)39(15)51-47(35(25)11)48-36(12)26(2)30(6)40(16)52(48)57(51)45-23-21-22-24-46(45)58(56-44(20)34(10)33(9)43(19)55(56)57)53-41(17)31(7)27(3)37(13)49(53)50-38(14)28(4)32(8)42(18)54(50)58/h21-24H,1-20H3. The fourth-order valence-corrected chi connectivity index (χ4v) is 13.3. The molecule has 2 spiro atoms. The molecule has 296 valence electrons. The highest BCUT2D eigenvalue weighted by molar-refractivity contribution is 6.00. The van der Waals surface area contributed by atoms with Crippen molar-refractivity contribution >= 4 is 0 Å². The number of hydrogen-bond donors (Lipinski definition) is 0. The first kappa shape index (κ1) is 38.8. The van der Waals surface area contributed by atoms with Crippen LogP contribution in [0.25, 0.3) is 22.3 Å². The first-order valence-corrected chi connectivity index (χ1v) is 21.8. The van der Waals surface area contributed by atoms with Gasteiger partial charge in [0.15, 0.2) is 0 Å². The van der Waals surface area contributed by atoms with Gasteiger partial charge in [0.2, 0.25) is 0 Å².